The lowest BCUT2D eigenvalue weighted by molar-refractivity contribution is -0.115. The van der Waals surface area contributed by atoms with Gasteiger partial charge in [-0.2, -0.15) is 8.78 Å². The van der Waals surface area contributed by atoms with Gasteiger partial charge in [-0.1, -0.05) is 23.9 Å². The number of benzene rings is 1. The van der Waals surface area contributed by atoms with E-state index < -0.39 is 11.9 Å². The predicted octanol–water partition coefficient (Wildman–Crippen LogP) is 3.80. The van der Waals surface area contributed by atoms with Gasteiger partial charge in [-0.05, 0) is 31.2 Å². The Hall–Kier alpha value is -2.88. The summed E-state index contributed by atoms with van der Waals surface area (Å²) in [5, 5.41) is 10.7. The van der Waals surface area contributed by atoms with E-state index in [4.69, 9.17) is 4.42 Å². The van der Waals surface area contributed by atoms with Gasteiger partial charge in [0.15, 0.2) is 16.7 Å². The lowest BCUT2D eigenvalue weighted by atomic mass is 10.3. The quantitative estimate of drug-likeness (QED) is 0.614. The van der Waals surface area contributed by atoms with E-state index in [2.05, 4.69) is 20.3 Å². The number of alkyl halides is 2. The molecule has 142 valence electrons. The molecule has 0 aliphatic carbocycles. The molecule has 0 bridgehead atoms. The van der Waals surface area contributed by atoms with Crippen LogP contribution in [0, 0.1) is 0 Å². The standard InChI is InChI=1S/C17H16F2N4O3S/c1-10(15(24)20-11-6-3-4-7-12(11)26-16(18)19)27-17-22-21-14(23(17)2)13-8-5-9-25-13/h3-10,16H,1-2H3,(H,20,24). The number of hydrogen-bond donors (Lipinski definition) is 1. The molecule has 1 amide bonds. The monoisotopic (exact) mass is 394 g/mol. The number of halogens is 2. The van der Waals surface area contributed by atoms with Crippen molar-refractivity contribution in [2.24, 2.45) is 7.05 Å². The van der Waals surface area contributed by atoms with Gasteiger partial charge in [-0.3, -0.25) is 4.79 Å². The smallest absolute Gasteiger partial charge is 0.387 e. The minimum Gasteiger partial charge on any atom is -0.461 e. The van der Waals surface area contributed by atoms with Crippen molar-refractivity contribution in [1.29, 1.82) is 0 Å². The van der Waals surface area contributed by atoms with E-state index in [1.165, 1.54) is 30.2 Å². The molecule has 1 atom stereocenters. The molecule has 10 heteroatoms. The molecule has 0 fully saturated rings. The summed E-state index contributed by atoms with van der Waals surface area (Å²) in [5.74, 6) is 0.613. The van der Waals surface area contributed by atoms with Crippen LogP contribution in [0.2, 0.25) is 0 Å². The number of anilines is 1. The van der Waals surface area contributed by atoms with Crippen LogP contribution in [0.5, 0.6) is 5.75 Å². The number of rotatable bonds is 7. The number of amides is 1. The number of ether oxygens (including phenoxy) is 1. The second-order valence-corrected chi connectivity index (χ2v) is 6.77. The number of nitrogens with one attached hydrogen (secondary N) is 1. The van der Waals surface area contributed by atoms with Crippen LogP contribution in [-0.2, 0) is 11.8 Å². The van der Waals surface area contributed by atoms with Gasteiger partial charge in [0, 0.05) is 7.05 Å². The third-order valence-corrected chi connectivity index (χ3v) is 4.72. The molecule has 0 aliphatic heterocycles. The number of furan rings is 1. The van der Waals surface area contributed by atoms with Gasteiger partial charge in [0.25, 0.3) is 0 Å². The van der Waals surface area contributed by atoms with E-state index in [1.807, 2.05) is 0 Å². The van der Waals surface area contributed by atoms with E-state index in [-0.39, 0.29) is 17.3 Å². The lowest BCUT2D eigenvalue weighted by Crippen LogP contribution is -2.23. The summed E-state index contributed by atoms with van der Waals surface area (Å²) < 4.78 is 36.4. The summed E-state index contributed by atoms with van der Waals surface area (Å²) >= 11 is 1.18. The molecule has 0 saturated carbocycles. The second-order valence-electron chi connectivity index (χ2n) is 5.47. The highest BCUT2D eigenvalue weighted by molar-refractivity contribution is 8.00. The Morgan fingerprint density at radius 3 is 2.74 bits per heavy atom. The number of aromatic nitrogens is 3. The maximum absolute atomic E-state index is 12.5. The molecule has 27 heavy (non-hydrogen) atoms. The molecule has 0 spiro atoms. The molecular weight excluding hydrogens is 378 g/mol. The van der Waals surface area contributed by atoms with Crippen LogP contribution < -0.4 is 10.1 Å². The number of carbonyl (C=O) groups excluding carboxylic acids is 1. The predicted molar refractivity (Wildman–Crippen MR) is 95.7 cm³/mol. The van der Waals surface area contributed by atoms with E-state index >= 15 is 0 Å². The SMILES string of the molecule is CC(Sc1nnc(-c2ccco2)n1C)C(=O)Nc1ccccc1OC(F)F. The third kappa shape index (κ3) is 4.45. The highest BCUT2D eigenvalue weighted by Gasteiger charge is 2.21. The van der Waals surface area contributed by atoms with E-state index in [1.54, 1.807) is 42.8 Å². The second kappa shape index (κ2) is 8.21. The zero-order valence-corrected chi connectivity index (χ0v) is 15.2. The first-order valence-corrected chi connectivity index (χ1v) is 8.78. The Morgan fingerprint density at radius 2 is 2.04 bits per heavy atom. The van der Waals surface area contributed by atoms with Gasteiger partial charge in [0.05, 0.1) is 17.2 Å². The fraction of sp³-hybridized carbons (Fsp3) is 0.235. The Labute approximate surface area is 157 Å². The Kier molecular flexibility index (Phi) is 5.75. The van der Waals surface area contributed by atoms with Crippen molar-refractivity contribution in [3.63, 3.8) is 0 Å². The Bertz CT molecular complexity index is 915. The van der Waals surface area contributed by atoms with Crippen molar-refractivity contribution >= 4 is 23.4 Å². The summed E-state index contributed by atoms with van der Waals surface area (Å²) in [5.41, 5.74) is 0.171. The fourth-order valence-electron chi connectivity index (χ4n) is 2.25. The third-order valence-electron chi connectivity index (χ3n) is 3.59. The van der Waals surface area contributed by atoms with Crippen molar-refractivity contribution in [2.45, 2.75) is 23.9 Å². The van der Waals surface area contributed by atoms with E-state index in [0.29, 0.717) is 16.7 Å². The number of hydrogen-bond acceptors (Lipinski definition) is 6. The molecular formula is C17H16F2N4O3S. The minimum absolute atomic E-state index is 0.100. The molecule has 1 aromatic carbocycles. The Morgan fingerprint density at radius 1 is 1.26 bits per heavy atom. The van der Waals surface area contributed by atoms with Crippen LogP contribution >= 0.6 is 11.8 Å². The first kappa shape index (κ1) is 18.9. The number of thioether (sulfide) groups is 1. The molecule has 2 heterocycles. The van der Waals surface area contributed by atoms with Crippen molar-refractivity contribution in [2.75, 3.05) is 5.32 Å². The largest absolute Gasteiger partial charge is 0.461 e. The zero-order chi connectivity index (χ0) is 19.4. The summed E-state index contributed by atoms with van der Waals surface area (Å²) in [7, 11) is 1.76. The molecule has 7 nitrogen and oxygen atoms in total. The highest BCUT2D eigenvalue weighted by atomic mass is 32.2. The van der Waals surface area contributed by atoms with Gasteiger partial charge in [0.1, 0.15) is 5.75 Å². The molecule has 0 radical (unpaired) electrons. The molecule has 2 aromatic heterocycles. The molecule has 1 unspecified atom stereocenters. The molecule has 3 rings (SSSR count). The Balaban J connectivity index is 1.69. The maximum Gasteiger partial charge on any atom is 0.387 e. The molecule has 0 aliphatic rings. The number of nitrogens with zero attached hydrogens (tertiary/aromatic N) is 3. The van der Waals surface area contributed by atoms with Gasteiger partial charge in [0.2, 0.25) is 5.91 Å². The average Bonchev–Trinajstić information content (AvgIpc) is 3.26. The van der Waals surface area contributed by atoms with Gasteiger partial charge >= 0.3 is 6.61 Å². The zero-order valence-electron chi connectivity index (χ0n) is 14.4. The van der Waals surface area contributed by atoms with Gasteiger partial charge in [-0.15, -0.1) is 10.2 Å². The van der Waals surface area contributed by atoms with E-state index in [9.17, 15) is 13.6 Å². The summed E-state index contributed by atoms with van der Waals surface area (Å²) in [6, 6.07) is 9.51. The van der Waals surface area contributed by atoms with Crippen molar-refractivity contribution in [3.05, 3.63) is 42.7 Å². The van der Waals surface area contributed by atoms with Crippen LogP contribution in [0.25, 0.3) is 11.6 Å². The first-order chi connectivity index (χ1) is 13.0. The van der Waals surface area contributed by atoms with Gasteiger partial charge < -0.3 is 19.0 Å². The van der Waals surface area contributed by atoms with Crippen molar-refractivity contribution in [3.8, 4) is 17.3 Å². The topological polar surface area (TPSA) is 82.2 Å². The molecule has 3 aromatic rings. The van der Waals surface area contributed by atoms with Crippen LogP contribution in [-0.4, -0.2) is 32.5 Å². The van der Waals surface area contributed by atoms with Crippen LogP contribution in [0.3, 0.4) is 0 Å². The molecule has 0 saturated heterocycles. The van der Waals surface area contributed by atoms with Crippen molar-refractivity contribution in [1.82, 2.24) is 14.8 Å². The number of carbonyl (C=O) groups is 1. The average molecular weight is 394 g/mol. The van der Waals surface area contributed by atoms with Crippen LogP contribution in [0.15, 0.2) is 52.2 Å². The van der Waals surface area contributed by atoms with Gasteiger partial charge in [-0.25, -0.2) is 0 Å². The number of para-hydroxylation sites is 2. The fourth-order valence-corrected chi connectivity index (χ4v) is 3.07. The maximum atomic E-state index is 12.5. The summed E-state index contributed by atoms with van der Waals surface area (Å²) in [6.45, 7) is -1.30. The van der Waals surface area contributed by atoms with Crippen molar-refractivity contribution < 1.29 is 22.7 Å². The summed E-state index contributed by atoms with van der Waals surface area (Å²) in [4.78, 5) is 12.5. The highest BCUT2D eigenvalue weighted by Crippen LogP contribution is 2.29. The normalized spacial score (nSPS) is 12.2. The van der Waals surface area contributed by atoms with E-state index in [0.717, 1.165) is 0 Å². The van der Waals surface area contributed by atoms with Crippen LogP contribution in [0.4, 0.5) is 14.5 Å². The minimum atomic E-state index is -2.98. The first-order valence-electron chi connectivity index (χ1n) is 7.90. The summed E-state index contributed by atoms with van der Waals surface area (Å²) in [6.07, 6.45) is 1.53. The van der Waals surface area contributed by atoms with Crippen LogP contribution in [0.1, 0.15) is 6.92 Å². The lowest BCUT2D eigenvalue weighted by Gasteiger charge is -2.14. The molecule has 1 N–H and O–H groups in total.